The molecule has 7 heteroatoms. The molecule has 15 heavy (non-hydrogen) atoms. The number of rotatable bonds is 6. The molecule has 0 fully saturated rings. The largest absolute Gasteiger partial charge is 0.481 e. The highest BCUT2D eigenvalue weighted by Crippen LogP contribution is 2.15. The van der Waals surface area contributed by atoms with Crippen LogP contribution >= 0.6 is 11.8 Å². The van der Waals surface area contributed by atoms with Crippen LogP contribution in [-0.4, -0.2) is 34.1 Å². The topological polar surface area (TPSA) is 85.5 Å². The fourth-order valence-corrected chi connectivity index (χ4v) is 1.39. The average molecular weight is 232 g/mol. The Hall–Kier alpha value is -1.08. The van der Waals surface area contributed by atoms with Crippen molar-refractivity contribution < 1.29 is 19.2 Å². The van der Waals surface area contributed by atoms with Gasteiger partial charge in [0.2, 0.25) is 5.89 Å². The zero-order valence-electron chi connectivity index (χ0n) is 8.47. The number of ether oxygens (including phenoxy) is 1. The van der Waals surface area contributed by atoms with E-state index in [-0.39, 0.29) is 11.9 Å². The lowest BCUT2D eigenvalue weighted by Gasteiger charge is -2.00. The molecule has 1 atom stereocenters. The number of carbonyl (C=O) groups is 1. The van der Waals surface area contributed by atoms with E-state index < -0.39 is 5.97 Å². The second kappa shape index (κ2) is 5.72. The normalized spacial score (nSPS) is 12.7. The Morgan fingerprint density at radius 1 is 1.73 bits per heavy atom. The summed E-state index contributed by atoms with van der Waals surface area (Å²) in [4.78, 5) is 14.3. The second-order valence-electron chi connectivity index (χ2n) is 2.81. The van der Waals surface area contributed by atoms with Gasteiger partial charge in [0.25, 0.3) is 0 Å². The molecule has 0 aliphatic carbocycles. The summed E-state index contributed by atoms with van der Waals surface area (Å²) in [5, 5.41) is 12.1. The van der Waals surface area contributed by atoms with E-state index in [9.17, 15) is 4.79 Å². The summed E-state index contributed by atoms with van der Waals surface area (Å²) >= 11 is 1.21. The van der Waals surface area contributed by atoms with Gasteiger partial charge in [-0.2, -0.15) is 4.98 Å². The Morgan fingerprint density at radius 2 is 2.47 bits per heavy atom. The van der Waals surface area contributed by atoms with Crippen LogP contribution in [0.5, 0.6) is 0 Å². The number of nitrogens with zero attached hydrogens (tertiary/aromatic N) is 2. The third kappa shape index (κ3) is 3.88. The smallest absolute Gasteiger partial charge is 0.313 e. The van der Waals surface area contributed by atoms with E-state index in [1.165, 1.54) is 11.8 Å². The van der Waals surface area contributed by atoms with Crippen molar-refractivity contribution in [3.63, 3.8) is 0 Å². The van der Waals surface area contributed by atoms with Crippen LogP contribution in [0.3, 0.4) is 0 Å². The molecule has 0 saturated carbocycles. The molecule has 1 rings (SSSR count). The van der Waals surface area contributed by atoms with Gasteiger partial charge < -0.3 is 14.4 Å². The summed E-state index contributed by atoms with van der Waals surface area (Å²) in [6.07, 6.45) is -0.216. The van der Waals surface area contributed by atoms with Gasteiger partial charge >= 0.3 is 5.97 Å². The van der Waals surface area contributed by atoms with Crippen molar-refractivity contribution in [1.29, 1.82) is 0 Å². The van der Waals surface area contributed by atoms with Crippen LogP contribution in [0.4, 0.5) is 0 Å². The van der Waals surface area contributed by atoms with E-state index in [2.05, 4.69) is 10.1 Å². The molecule has 0 amide bonds. The number of carboxylic acid groups (broad SMARTS) is 1. The molecule has 0 aromatic carbocycles. The molecule has 0 radical (unpaired) electrons. The number of thioether (sulfide) groups is 1. The minimum Gasteiger partial charge on any atom is -0.481 e. The van der Waals surface area contributed by atoms with Crippen molar-refractivity contribution in [2.75, 3.05) is 12.9 Å². The second-order valence-corrected chi connectivity index (χ2v) is 3.80. The van der Waals surface area contributed by atoms with E-state index in [1.807, 2.05) is 0 Å². The maximum absolute atomic E-state index is 10.2. The van der Waals surface area contributed by atoms with Gasteiger partial charge in [-0.15, -0.1) is 11.8 Å². The monoisotopic (exact) mass is 232 g/mol. The molecule has 0 aliphatic rings. The predicted octanol–water partition coefficient (Wildman–Crippen LogP) is 1.09. The van der Waals surface area contributed by atoms with Crippen molar-refractivity contribution in [2.24, 2.45) is 0 Å². The molecule has 1 unspecified atom stereocenters. The van der Waals surface area contributed by atoms with Crippen LogP contribution in [0.2, 0.25) is 0 Å². The number of hydrogen-bond donors (Lipinski definition) is 1. The third-order valence-corrected chi connectivity index (χ3v) is 2.55. The Morgan fingerprint density at radius 3 is 3.07 bits per heavy atom. The molecule has 1 N–H and O–H groups in total. The first kappa shape index (κ1) is 12.0. The lowest BCUT2D eigenvalue weighted by atomic mass is 10.4. The summed E-state index contributed by atoms with van der Waals surface area (Å²) in [5.41, 5.74) is 0. The number of aromatic nitrogens is 2. The zero-order valence-corrected chi connectivity index (χ0v) is 9.28. The van der Waals surface area contributed by atoms with Crippen LogP contribution in [0.1, 0.15) is 24.7 Å². The van der Waals surface area contributed by atoms with Crippen molar-refractivity contribution in [2.45, 2.75) is 18.8 Å². The van der Waals surface area contributed by atoms with E-state index >= 15 is 0 Å². The van der Waals surface area contributed by atoms with Crippen molar-refractivity contribution >= 4 is 17.7 Å². The summed E-state index contributed by atoms with van der Waals surface area (Å²) in [7, 11) is 1.56. The third-order valence-electron chi connectivity index (χ3n) is 1.65. The highest BCUT2D eigenvalue weighted by atomic mass is 32.2. The fourth-order valence-electron chi connectivity index (χ4n) is 0.823. The first-order chi connectivity index (χ1) is 7.13. The maximum Gasteiger partial charge on any atom is 0.313 e. The van der Waals surface area contributed by atoms with Crippen molar-refractivity contribution in [1.82, 2.24) is 10.1 Å². The van der Waals surface area contributed by atoms with E-state index in [0.29, 0.717) is 17.5 Å². The number of hydrogen-bond acceptors (Lipinski definition) is 6. The predicted molar refractivity (Wildman–Crippen MR) is 53.5 cm³/mol. The summed E-state index contributed by atoms with van der Waals surface area (Å²) in [6, 6.07) is 0. The highest BCUT2D eigenvalue weighted by molar-refractivity contribution is 7.99. The van der Waals surface area contributed by atoms with Crippen LogP contribution in [0, 0.1) is 0 Å². The molecule has 0 saturated heterocycles. The number of carboxylic acids is 1. The van der Waals surface area contributed by atoms with E-state index in [4.69, 9.17) is 14.4 Å². The van der Waals surface area contributed by atoms with Crippen LogP contribution in [0.25, 0.3) is 0 Å². The van der Waals surface area contributed by atoms with Gasteiger partial charge in [-0.25, -0.2) is 0 Å². The molecule has 1 aromatic rings. The van der Waals surface area contributed by atoms with Gasteiger partial charge in [0.15, 0.2) is 5.82 Å². The summed E-state index contributed by atoms with van der Waals surface area (Å²) < 4.78 is 9.92. The molecule has 0 spiro atoms. The molecule has 84 valence electrons. The number of methoxy groups -OCH3 is 1. The first-order valence-electron chi connectivity index (χ1n) is 4.28. The standard InChI is InChI=1S/C8H12N2O4S/c1-5(13-2)8-9-6(14-10-8)3-15-4-7(11)12/h5H,3-4H2,1-2H3,(H,11,12). The minimum absolute atomic E-state index is 0.0253. The van der Waals surface area contributed by atoms with Crippen LogP contribution < -0.4 is 0 Å². The zero-order chi connectivity index (χ0) is 11.3. The van der Waals surface area contributed by atoms with Gasteiger partial charge in [0.1, 0.15) is 6.10 Å². The maximum atomic E-state index is 10.2. The molecule has 1 aromatic heterocycles. The number of aliphatic carboxylic acids is 1. The molecule has 1 heterocycles. The molecule has 0 aliphatic heterocycles. The Labute approximate surface area is 91.0 Å². The molecular weight excluding hydrogens is 220 g/mol. The van der Waals surface area contributed by atoms with Crippen LogP contribution in [0.15, 0.2) is 4.52 Å². The summed E-state index contributed by atoms with van der Waals surface area (Å²) in [5.74, 6) is 0.460. The van der Waals surface area contributed by atoms with Gasteiger partial charge in [-0.1, -0.05) is 5.16 Å². The molecular formula is C8H12N2O4S. The SMILES string of the molecule is COC(C)c1noc(CSCC(=O)O)n1. The van der Waals surface area contributed by atoms with E-state index in [1.54, 1.807) is 14.0 Å². The average Bonchev–Trinajstić information content (AvgIpc) is 2.65. The first-order valence-corrected chi connectivity index (χ1v) is 5.43. The van der Waals surface area contributed by atoms with Crippen molar-refractivity contribution in [3.8, 4) is 0 Å². The Bertz CT molecular complexity index is 328. The van der Waals surface area contributed by atoms with Gasteiger partial charge in [-0.3, -0.25) is 4.79 Å². The lowest BCUT2D eigenvalue weighted by molar-refractivity contribution is -0.133. The van der Waals surface area contributed by atoms with Gasteiger partial charge in [-0.05, 0) is 6.92 Å². The fraction of sp³-hybridized carbons (Fsp3) is 0.625. The van der Waals surface area contributed by atoms with Gasteiger partial charge in [0, 0.05) is 7.11 Å². The highest BCUT2D eigenvalue weighted by Gasteiger charge is 2.12. The van der Waals surface area contributed by atoms with Crippen LogP contribution in [-0.2, 0) is 15.3 Å². The Kier molecular flexibility index (Phi) is 4.57. The lowest BCUT2D eigenvalue weighted by Crippen LogP contribution is -1.99. The van der Waals surface area contributed by atoms with E-state index in [0.717, 1.165) is 0 Å². The summed E-state index contributed by atoms with van der Waals surface area (Å²) in [6.45, 7) is 1.80. The van der Waals surface area contributed by atoms with Gasteiger partial charge in [0.05, 0.1) is 11.5 Å². The molecule has 0 bridgehead atoms. The molecule has 6 nitrogen and oxygen atoms in total. The van der Waals surface area contributed by atoms with Crippen molar-refractivity contribution in [3.05, 3.63) is 11.7 Å². The quantitative estimate of drug-likeness (QED) is 0.785. The minimum atomic E-state index is -0.856. The Balaban J connectivity index is 2.42.